The van der Waals surface area contributed by atoms with E-state index in [0.717, 1.165) is 41.8 Å². The number of hydrogen-bond donors (Lipinski definition) is 2. The average molecular weight is 327 g/mol. The lowest BCUT2D eigenvalue weighted by molar-refractivity contribution is -0.914. The highest BCUT2D eigenvalue weighted by molar-refractivity contribution is 6.33. The largest absolute Gasteiger partial charge is 0.453 e. The van der Waals surface area contributed by atoms with Crippen LogP contribution in [0.15, 0.2) is 24.3 Å². The zero-order valence-corrected chi connectivity index (χ0v) is 13.5. The predicted molar refractivity (Wildman–Crippen MR) is 84.4 cm³/mol. The number of amides is 2. The standard InChI is InChI=1S/C15H20ClN3O3/c1-11(14(20)17-15(21)22-2)18-7-9-19(10-8-18)13-6-4-3-5-12(13)16/h3-6,11H,7-10H2,1-2H3,(H,17,20,21)/p+1/t11-/m1/s1. The Balaban J connectivity index is 1.90. The minimum Gasteiger partial charge on any atom is -0.453 e. The number of para-hydroxylation sites is 1. The van der Waals surface area contributed by atoms with Gasteiger partial charge in [0.2, 0.25) is 0 Å². The van der Waals surface area contributed by atoms with Crippen molar-refractivity contribution < 1.29 is 19.2 Å². The molecule has 1 saturated heterocycles. The molecule has 0 unspecified atom stereocenters. The third kappa shape index (κ3) is 3.90. The Labute approximate surface area is 135 Å². The van der Waals surface area contributed by atoms with Crippen molar-refractivity contribution in [2.75, 3.05) is 38.2 Å². The van der Waals surface area contributed by atoms with Crippen LogP contribution in [0.3, 0.4) is 0 Å². The Morgan fingerprint density at radius 2 is 1.95 bits per heavy atom. The molecule has 1 atom stereocenters. The van der Waals surface area contributed by atoms with Gasteiger partial charge in [0.15, 0.2) is 6.04 Å². The molecule has 1 aliphatic rings. The van der Waals surface area contributed by atoms with E-state index in [1.807, 2.05) is 31.2 Å². The van der Waals surface area contributed by atoms with Gasteiger partial charge in [0.25, 0.3) is 5.91 Å². The Hall–Kier alpha value is -1.79. The van der Waals surface area contributed by atoms with Crippen molar-refractivity contribution in [2.45, 2.75) is 13.0 Å². The molecule has 0 saturated carbocycles. The van der Waals surface area contributed by atoms with Crippen molar-refractivity contribution >= 4 is 29.3 Å². The molecule has 22 heavy (non-hydrogen) atoms. The third-order valence-corrected chi connectivity index (χ3v) is 4.33. The van der Waals surface area contributed by atoms with Gasteiger partial charge >= 0.3 is 6.09 Å². The second-order valence-electron chi connectivity index (χ2n) is 5.30. The minimum atomic E-state index is -0.717. The minimum absolute atomic E-state index is 0.299. The van der Waals surface area contributed by atoms with E-state index in [9.17, 15) is 9.59 Å². The van der Waals surface area contributed by atoms with Gasteiger partial charge in [0, 0.05) is 0 Å². The first-order valence-electron chi connectivity index (χ1n) is 7.25. The Kier molecular flexibility index (Phi) is 5.63. The molecule has 2 rings (SSSR count). The Bertz CT molecular complexity index is 545. The van der Waals surface area contributed by atoms with E-state index in [2.05, 4.69) is 15.0 Å². The summed E-state index contributed by atoms with van der Waals surface area (Å²) in [7, 11) is 1.24. The van der Waals surface area contributed by atoms with E-state index < -0.39 is 6.09 Å². The van der Waals surface area contributed by atoms with Crippen molar-refractivity contribution in [3.8, 4) is 0 Å². The van der Waals surface area contributed by atoms with Crippen molar-refractivity contribution in [1.82, 2.24) is 5.32 Å². The molecule has 7 heteroatoms. The molecule has 1 aromatic carbocycles. The fraction of sp³-hybridized carbons (Fsp3) is 0.467. The van der Waals surface area contributed by atoms with Crippen molar-refractivity contribution in [2.24, 2.45) is 0 Å². The van der Waals surface area contributed by atoms with Crippen LogP contribution in [0.4, 0.5) is 10.5 Å². The molecular weight excluding hydrogens is 306 g/mol. The second-order valence-corrected chi connectivity index (χ2v) is 5.71. The number of quaternary nitrogens is 1. The van der Waals surface area contributed by atoms with E-state index in [1.54, 1.807) is 0 Å². The van der Waals surface area contributed by atoms with E-state index >= 15 is 0 Å². The predicted octanol–water partition coefficient (Wildman–Crippen LogP) is 0.316. The maximum absolute atomic E-state index is 11.9. The number of alkyl carbamates (subject to hydrolysis) is 1. The lowest BCUT2D eigenvalue weighted by Crippen LogP contribution is -3.19. The van der Waals surface area contributed by atoms with Gasteiger partial charge < -0.3 is 14.5 Å². The summed E-state index contributed by atoms with van der Waals surface area (Å²) in [4.78, 5) is 26.4. The van der Waals surface area contributed by atoms with Crippen LogP contribution in [0.5, 0.6) is 0 Å². The molecule has 1 aliphatic heterocycles. The van der Waals surface area contributed by atoms with E-state index in [4.69, 9.17) is 11.6 Å². The molecule has 0 radical (unpaired) electrons. The molecule has 6 nitrogen and oxygen atoms in total. The maximum atomic E-state index is 11.9. The van der Waals surface area contributed by atoms with Crippen molar-refractivity contribution in [1.29, 1.82) is 0 Å². The smallest absolute Gasteiger partial charge is 0.413 e. The van der Waals surface area contributed by atoms with Crippen LogP contribution in [0.25, 0.3) is 0 Å². The highest BCUT2D eigenvalue weighted by atomic mass is 35.5. The van der Waals surface area contributed by atoms with Gasteiger partial charge in [-0.3, -0.25) is 10.1 Å². The topological polar surface area (TPSA) is 63.1 Å². The highest BCUT2D eigenvalue weighted by Gasteiger charge is 2.30. The van der Waals surface area contributed by atoms with Crippen LogP contribution in [0.1, 0.15) is 6.92 Å². The van der Waals surface area contributed by atoms with Crippen LogP contribution in [-0.4, -0.2) is 51.3 Å². The first-order valence-corrected chi connectivity index (χ1v) is 7.63. The fourth-order valence-electron chi connectivity index (χ4n) is 2.62. The number of ether oxygens (including phenoxy) is 1. The Morgan fingerprint density at radius 3 is 2.55 bits per heavy atom. The van der Waals surface area contributed by atoms with Crippen LogP contribution in [-0.2, 0) is 9.53 Å². The molecule has 2 N–H and O–H groups in total. The number of nitrogens with one attached hydrogen (secondary N) is 2. The van der Waals surface area contributed by atoms with Crippen LogP contribution >= 0.6 is 11.6 Å². The molecule has 120 valence electrons. The molecular formula is C15H21ClN3O3+. The number of carbonyl (C=O) groups excluding carboxylic acids is 2. The van der Waals surface area contributed by atoms with Crippen LogP contribution in [0, 0.1) is 0 Å². The molecule has 0 aromatic heterocycles. The average Bonchev–Trinajstić information content (AvgIpc) is 2.54. The van der Waals surface area contributed by atoms with Gasteiger partial charge in [-0.25, -0.2) is 4.79 Å². The number of imide groups is 1. The first-order chi connectivity index (χ1) is 10.5. The zero-order chi connectivity index (χ0) is 16.1. The number of hydrogen-bond acceptors (Lipinski definition) is 4. The summed E-state index contributed by atoms with van der Waals surface area (Å²) in [6, 6.07) is 7.45. The molecule has 1 heterocycles. The molecule has 0 spiro atoms. The fourth-order valence-corrected chi connectivity index (χ4v) is 2.88. The normalized spacial score (nSPS) is 17.0. The summed E-state index contributed by atoms with van der Waals surface area (Å²) in [6.45, 7) is 5.06. The summed E-state index contributed by atoms with van der Waals surface area (Å²) in [6.07, 6.45) is -0.717. The number of nitrogens with zero attached hydrogens (tertiary/aromatic N) is 1. The summed E-state index contributed by atoms with van der Waals surface area (Å²) < 4.78 is 4.44. The van der Waals surface area contributed by atoms with Crippen LogP contribution in [0.2, 0.25) is 5.02 Å². The van der Waals surface area contributed by atoms with Gasteiger partial charge in [-0.2, -0.15) is 0 Å². The SMILES string of the molecule is COC(=O)NC(=O)[C@@H](C)[NH+]1CCN(c2ccccc2Cl)CC1. The maximum Gasteiger partial charge on any atom is 0.413 e. The summed E-state index contributed by atoms with van der Waals surface area (Å²) in [5, 5.41) is 2.96. The van der Waals surface area contributed by atoms with Crippen molar-refractivity contribution in [3.05, 3.63) is 29.3 Å². The highest BCUT2D eigenvalue weighted by Crippen LogP contribution is 2.24. The summed E-state index contributed by atoms with van der Waals surface area (Å²) in [5.41, 5.74) is 1.02. The summed E-state index contributed by atoms with van der Waals surface area (Å²) in [5.74, 6) is -0.312. The van der Waals surface area contributed by atoms with E-state index in [1.165, 1.54) is 7.11 Å². The number of halogens is 1. The number of methoxy groups -OCH3 is 1. The Morgan fingerprint density at radius 1 is 1.32 bits per heavy atom. The van der Waals surface area contributed by atoms with Gasteiger partial charge in [0.05, 0.1) is 44.0 Å². The molecule has 0 bridgehead atoms. The molecule has 1 aromatic rings. The first kappa shape index (κ1) is 16.6. The lowest BCUT2D eigenvalue weighted by atomic mass is 10.2. The molecule has 0 aliphatic carbocycles. The molecule has 2 amide bonds. The van der Waals surface area contributed by atoms with Gasteiger partial charge in [-0.15, -0.1) is 0 Å². The van der Waals surface area contributed by atoms with E-state index in [-0.39, 0.29) is 11.9 Å². The quantitative estimate of drug-likeness (QED) is 0.839. The number of benzene rings is 1. The van der Waals surface area contributed by atoms with Crippen molar-refractivity contribution in [3.63, 3.8) is 0 Å². The van der Waals surface area contributed by atoms with Gasteiger partial charge in [-0.05, 0) is 19.1 Å². The van der Waals surface area contributed by atoms with E-state index in [0.29, 0.717) is 0 Å². The van der Waals surface area contributed by atoms with Gasteiger partial charge in [-0.1, -0.05) is 23.7 Å². The number of piperazine rings is 1. The third-order valence-electron chi connectivity index (χ3n) is 4.02. The monoisotopic (exact) mass is 326 g/mol. The zero-order valence-electron chi connectivity index (χ0n) is 12.8. The summed E-state index contributed by atoms with van der Waals surface area (Å²) >= 11 is 6.22. The lowest BCUT2D eigenvalue weighted by Gasteiger charge is -2.36. The number of rotatable bonds is 3. The second kappa shape index (κ2) is 7.47. The number of anilines is 1. The van der Waals surface area contributed by atoms with Crippen LogP contribution < -0.4 is 15.1 Å². The molecule has 1 fully saturated rings. The van der Waals surface area contributed by atoms with Gasteiger partial charge in [0.1, 0.15) is 0 Å². The number of carbonyl (C=O) groups is 2.